The van der Waals surface area contributed by atoms with Crippen molar-refractivity contribution in [3.8, 4) is 11.8 Å². The molecule has 2 rings (SSSR count). The number of anilines is 1. The van der Waals surface area contributed by atoms with Crippen LogP contribution in [-0.4, -0.2) is 24.1 Å². The van der Waals surface area contributed by atoms with Crippen molar-refractivity contribution in [3.63, 3.8) is 0 Å². The molecule has 0 radical (unpaired) electrons. The van der Waals surface area contributed by atoms with Crippen LogP contribution in [0.3, 0.4) is 0 Å². The highest BCUT2D eigenvalue weighted by Gasteiger charge is 2.14. The number of nitrogens with one attached hydrogen (secondary N) is 1. The fourth-order valence-electron chi connectivity index (χ4n) is 2.05. The molecule has 2 N–H and O–H groups in total. The van der Waals surface area contributed by atoms with Crippen molar-refractivity contribution >= 4 is 35.2 Å². The summed E-state index contributed by atoms with van der Waals surface area (Å²) in [6, 6.07) is 12.7. The van der Waals surface area contributed by atoms with E-state index in [0.29, 0.717) is 16.3 Å². The Bertz CT molecular complexity index is 900. The third-order valence-corrected chi connectivity index (χ3v) is 3.58. The number of carboxylic acids is 1. The lowest BCUT2D eigenvalue weighted by Crippen LogP contribution is -2.13. The van der Waals surface area contributed by atoms with Crippen LogP contribution in [0.15, 0.2) is 48.0 Å². The van der Waals surface area contributed by atoms with Crippen molar-refractivity contribution in [2.24, 2.45) is 0 Å². The molecular formula is C18H13ClN2O4. The minimum Gasteiger partial charge on any atom is -0.496 e. The molecule has 0 saturated carbocycles. The summed E-state index contributed by atoms with van der Waals surface area (Å²) in [6.07, 6.45) is 1.29. The lowest BCUT2D eigenvalue weighted by molar-refractivity contribution is -0.112. The Kier molecular flexibility index (Phi) is 5.77. The van der Waals surface area contributed by atoms with E-state index in [1.54, 1.807) is 36.4 Å². The summed E-state index contributed by atoms with van der Waals surface area (Å²) in [5.74, 6) is -1.64. The summed E-state index contributed by atoms with van der Waals surface area (Å²) in [4.78, 5) is 23.5. The van der Waals surface area contributed by atoms with E-state index in [-0.39, 0.29) is 16.9 Å². The molecule has 6 nitrogen and oxygen atoms in total. The van der Waals surface area contributed by atoms with Crippen LogP contribution in [0, 0.1) is 11.3 Å². The standard InChI is InChI=1S/C18H13ClN2O4/c1-25-16-7-6-11(9-13(16)18(23)24)8-12(10-20)17(22)21-15-5-3-2-4-14(15)19/h2-9H,1H3,(H,21,22)(H,23,24). The Labute approximate surface area is 148 Å². The van der Waals surface area contributed by atoms with Gasteiger partial charge >= 0.3 is 5.97 Å². The lowest BCUT2D eigenvalue weighted by Gasteiger charge is -2.07. The number of rotatable bonds is 5. The molecule has 0 fully saturated rings. The molecule has 0 bridgehead atoms. The van der Waals surface area contributed by atoms with Gasteiger partial charge in [0.2, 0.25) is 0 Å². The van der Waals surface area contributed by atoms with Crippen LogP contribution in [-0.2, 0) is 4.79 Å². The van der Waals surface area contributed by atoms with Crippen LogP contribution in [0.25, 0.3) is 6.08 Å². The molecule has 25 heavy (non-hydrogen) atoms. The summed E-state index contributed by atoms with van der Waals surface area (Å²) in [6.45, 7) is 0. The van der Waals surface area contributed by atoms with Crippen molar-refractivity contribution in [2.45, 2.75) is 0 Å². The van der Waals surface area contributed by atoms with E-state index in [2.05, 4.69) is 5.32 Å². The van der Waals surface area contributed by atoms with Gasteiger partial charge in [0.05, 0.1) is 17.8 Å². The molecule has 0 spiro atoms. The van der Waals surface area contributed by atoms with Crippen LogP contribution in [0.4, 0.5) is 5.69 Å². The van der Waals surface area contributed by atoms with Crippen LogP contribution < -0.4 is 10.1 Å². The Balaban J connectivity index is 2.33. The summed E-state index contributed by atoms with van der Waals surface area (Å²) in [5.41, 5.74) is 0.488. The van der Waals surface area contributed by atoms with E-state index in [0.717, 1.165) is 0 Å². The molecule has 0 aliphatic rings. The number of nitrogens with zero attached hydrogens (tertiary/aromatic N) is 1. The number of para-hydroxylation sites is 1. The van der Waals surface area contributed by atoms with Gasteiger partial charge in [-0.05, 0) is 35.9 Å². The average molecular weight is 357 g/mol. The van der Waals surface area contributed by atoms with Crippen molar-refractivity contribution in [1.29, 1.82) is 5.26 Å². The third kappa shape index (κ3) is 4.37. The number of ether oxygens (including phenoxy) is 1. The van der Waals surface area contributed by atoms with E-state index in [9.17, 15) is 20.0 Å². The Morgan fingerprint density at radius 1 is 1.28 bits per heavy atom. The van der Waals surface area contributed by atoms with Gasteiger partial charge < -0.3 is 15.2 Å². The van der Waals surface area contributed by atoms with Gasteiger partial charge in [0.15, 0.2) is 0 Å². The van der Waals surface area contributed by atoms with Crippen LogP contribution in [0.2, 0.25) is 5.02 Å². The Hall–Kier alpha value is -3.30. The van der Waals surface area contributed by atoms with E-state index in [1.807, 2.05) is 0 Å². The molecule has 0 unspecified atom stereocenters. The number of halogens is 1. The highest BCUT2D eigenvalue weighted by Crippen LogP contribution is 2.23. The number of carboxylic acid groups (broad SMARTS) is 1. The number of hydrogen-bond donors (Lipinski definition) is 2. The summed E-state index contributed by atoms with van der Waals surface area (Å²) < 4.78 is 4.97. The van der Waals surface area contributed by atoms with Crippen molar-refractivity contribution in [1.82, 2.24) is 0 Å². The first-order valence-corrected chi connectivity index (χ1v) is 7.43. The van der Waals surface area contributed by atoms with Gasteiger partial charge in [-0.25, -0.2) is 4.79 Å². The maximum atomic E-state index is 12.2. The largest absolute Gasteiger partial charge is 0.496 e. The first kappa shape index (κ1) is 18.0. The monoisotopic (exact) mass is 356 g/mol. The van der Waals surface area contributed by atoms with E-state index in [1.165, 1.54) is 25.3 Å². The molecule has 0 atom stereocenters. The zero-order chi connectivity index (χ0) is 18.4. The zero-order valence-electron chi connectivity index (χ0n) is 13.1. The number of amides is 1. The summed E-state index contributed by atoms with van der Waals surface area (Å²) >= 11 is 5.97. The average Bonchev–Trinajstić information content (AvgIpc) is 2.61. The van der Waals surface area contributed by atoms with Gasteiger partial charge in [-0.2, -0.15) is 5.26 Å². The number of benzene rings is 2. The number of aromatic carboxylic acids is 1. The third-order valence-electron chi connectivity index (χ3n) is 3.25. The van der Waals surface area contributed by atoms with Gasteiger partial charge in [-0.3, -0.25) is 4.79 Å². The van der Waals surface area contributed by atoms with Crippen molar-refractivity contribution in [2.75, 3.05) is 12.4 Å². The first-order valence-electron chi connectivity index (χ1n) is 7.05. The second kappa shape index (κ2) is 7.99. The smallest absolute Gasteiger partial charge is 0.339 e. The van der Waals surface area contributed by atoms with Gasteiger partial charge in [0, 0.05) is 0 Å². The Morgan fingerprint density at radius 3 is 2.60 bits per heavy atom. The van der Waals surface area contributed by atoms with Crippen LogP contribution in [0.1, 0.15) is 15.9 Å². The quantitative estimate of drug-likeness (QED) is 0.630. The minimum absolute atomic E-state index is 0.0694. The highest BCUT2D eigenvalue weighted by molar-refractivity contribution is 6.34. The number of hydrogen-bond acceptors (Lipinski definition) is 4. The molecule has 0 aliphatic heterocycles. The SMILES string of the molecule is COc1ccc(C=C(C#N)C(=O)Nc2ccccc2Cl)cc1C(=O)O. The van der Waals surface area contributed by atoms with Crippen LogP contribution in [0.5, 0.6) is 5.75 Å². The predicted molar refractivity (Wildman–Crippen MR) is 93.6 cm³/mol. The highest BCUT2D eigenvalue weighted by atomic mass is 35.5. The molecule has 0 heterocycles. The molecular weight excluding hydrogens is 344 g/mol. The molecule has 0 aromatic heterocycles. The van der Waals surface area contributed by atoms with Gasteiger partial charge in [-0.1, -0.05) is 29.8 Å². The van der Waals surface area contributed by atoms with Crippen molar-refractivity contribution < 1.29 is 19.4 Å². The molecule has 1 amide bonds. The molecule has 2 aromatic carbocycles. The normalized spacial score (nSPS) is 10.7. The Morgan fingerprint density at radius 2 is 2.00 bits per heavy atom. The fraction of sp³-hybridized carbons (Fsp3) is 0.0556. The maximum absolute atomic E-state index is 12.2. The fourth-order valence-corrected chi connectivity index (χ4v) is 2.23. The summed E-state index contributed by atoms with van der Waals surface area (Å²) in [5, 5.41) is 21.3. The second-order valence-electron chi connectivity index (χ2n) is 4.87. The molecule has 126 valence electrons. The number of methoxy groups -OCH3 is 1. The van der Waals surface area contributed by atoms with E-state index in [4.69, 9.17) is 16.3 Å². The van der Waals surface area contributed by atoms with Gasteiger partial charge in [0.25, 0.3) is 5.91 Å². The topological polar surface area (TPSA) is 99.4 Å². The van der Waals surface area contributed by atoms with Crippen LogP contribution >= 0.6 is 11.6 Å². The first-order chi connectivity index (χ1) is 12.0. The molecule has 2 aromatic rings. The lowest BCUT2D eigenvalue weighted by atomic mass is 10.1. The molecule has 7 heteroatoms. The number of carbonyl (C=O) groups is 2. The summed E-state index contributed by atoms with van der Waals surface area (Å²) in [7, 11) is 1.36. The van der Waals surface area contributed by atoms with Gasteiger partial charge in [-0.15, -0.1) is 0 Å². The predicted octanol–water partition coefficient (Wildman–Crippen LogP) is 3.59. The minimum atomic E-state index is -1.17. The molecule has 0 aliphatic carbocycles. The zero-order valence-corrected chi connectivity index (χ0v) is 13.9. The second-order valence-corrected chi connectivity index (χ2v) is 5.28. The van der Waals surface area contributed by atoms with E-state index >= 15 is 0 Å². The van der Waals surface area contributed by atoms with E-state index < -0.39 is 11.9 Å². The van der Waals surface area contributed by atoms with Crippen molar-refractivity contribution in [3.05, 3.63) is 64.2 Å². The van der Waals surface area contributed by atoms with Gasteiger partial charge in [0.1, 0.15) is 23.0 Å². The maximum Gasteiger partial charge on any atom is 0.339 e. The molecule has 0 saturated heterocycles. The number of nitriles is 1. The number of carbonyl (C=O) groups excluding carboxylic acids is 1.